The van der Waals surface area contributed by atoms with Crippen molar-refractivity contribution in [2.75, 3.05) is 20.3 Å². The number of nitrogens with zero attached hydrogens (tertiary/aromatic N) is 1. The van der Waals surface area contributed by atoms with Crippen molar-refractivity contribution in [3.8, 4) is 0 Å². The average molecular weight is 335 g/mol. The van der Waals surface area contributed by atoms with Gasteiger partial charge in [-0.05, 0) is 29.5 Å². The number of carbonyl (C=O) groups excluding carboxylic acids is 1. The maximum Gasteiger partial charge on any atom is 0.266 e. The molecule has 0 bridgehead atoms. The van der Waals surface area contributed by atoms with Gasteiger partial charge in [-0.2, -0.15) is 0 Å². The van der Waals surface area contributed by atoms with Crippen molar-refractivity contribution < 1.29 is 9.53 Å². The number of benzene rings is 1. The fourth-order valence-corrected chi connectivity index (χ4v) is 3.50. The summed E-state index contributed by atoms with van der Waals surface area (Å²) in [6.07, 6.45) is 2.71. The van der Waals surface area contributed by atoms with Crippen molar-refractivity contribution in [2.45, 2.75) is 26.2 Å². The molecule has 0 atom stereocenters. The minimum absolute atomic E-state index is 0.000890. The molecule has 0 radical (unpaired) electrons. The molecule has 1 aliphatic heterocycles. The van der Waals surface area contributed by atoms with Crippen LogP contribution in [0.25, 0.3) is 6.08 Å². The van der Waals surface area contributed by atoms with E-state index < -0.39 is 0 Å². The summed E-state index contributed by atoms with van der Waals surface area (Å²) in [5.74, 6) is 0.507. The van der Waals surface area contributed by atoms with Gasteiger partial charge in [0.05, 0.1) is 4.91 Å². The Morgan fingerprint density at radius 2 is 2.00 bits per heavy atom. The van der Waals surface area contributed by atoms with Gasteiger partial charge in [-0.25, -0.2) is 0 Å². The molecule has 1 heterocycles. The summed E-state index contributed by atoms with van der Waals surface area (Å²) in [5.41, 5.74) is 2.33. The molecule has 118 valence electrons. The third-order valence-electron chi connectivity index (χ3n) is 3.50. The Labute approximate surface area is 141 Å². The van der Waals surface area contributed by atoms with Crippen molar-refractivity contribution in [2.24, 2.45) is 0 Å². The summed E-state index contributed by atoms with van der Waals surface area (Å²) in [7, 11) is 1.66. The van der Waals surface area contributed by atoms with Gasteiger partial charge in [0.15, 0.2) is 0 Å². The van der Waals surface area contributed by atoms with Crippen LogP contribution in [0.5, 0.6) is 0 Å². The zero-order valence-electron chi connectivity index (χ0n) is 13.2. The van der Waals surface area contributed by atoms with Gasteiger partial charge in [0.2, 0.25) is 0 Å². The van der Waals surface area contributed by atoms with Gasteiger partial charge in [-0.1, -0.05) is 62.1 Å². The highest BCUT2D eigenvalue weighted by atomic mass is 32.2. The molecule has 1 amide bonds. The highest BCUT2D eigenvalue weighted by Gasteiger charge is 2.31. The van der Waals surface area contributed by atoms with E-state index in [1.54, 1.807) is 12.0 Å². The molecular formula is C17H21NO2S2. The van der Waals surface area contributed by atoms with Gasteiger partial charge in [-0.15, -0.1) is 0 Å². The van der Waals surface area contributed by atoms with Crippen molar-refractivity contribution in [3.05, 3.63) is 40.3 Å². The second-order valence-electron chi connectivity index (χ2n) is 5.50. The Kier molecular flexibility index (Phi) is 6.17. The molecule has 1 aromatic carbocycles. The first kappa shape index (κ1) is 17.2. The summed E-state index contributed by atoms with van der Waals surface area (Å²) in [6, 6.07) is 8.31. The molecule has 1 saturated heterocycles. The van der Waals surface area contributed by atoms with E-state index in [9.17, 15) is 4.79 Å². The van der Waals surface area contributed by atoms with E-state index in [1.807, 2.05) is 18.2 Å². The molecule has 0 N–H and O–H groups in total. The van der Waals surface area contributed by atoms with Crippen LogP contribution in [0.15, 0.2) is 29.2 Å². The van der Waals surface area contributed by atoms with E-state index in [4.69, 9.17) is 17.0 Å². The van der Waals surface area contributed by atoms with Gasteiger partial charge < -0.3 is 4.74 Å². The number of methoxy groups -OCH3 is 1. The van der Waals surface area contributed by atoms with Gasteiger partial charge in [0.25, 0.3) is 5.91 Å². The lowest BCUT2D eigenvalue weighted by molar-refractivity contribution is -0.122. The molecule has 0 aliphatic carbocycles. The third-order valence-corrected chi connectivity index (χ3v) is 4.88. The highest BCUT2D eigenvalue weighted by molar-refractivity contribution is 8.26. The maximum absolute atomic E-state index is 12.4. The largest absolute Gasteiger partial charge is 0.385 e. The van der Waals surface area contributed by atoms with Crippen molar-refractivity contribution >= 4 is 40.3 Å². The predicted molar refractivity (Wildman–Crippen MR) is 96.9 cm³/mol. The molecular weight excluding hydrogens is 314 g/mol. The quantitative estimate of drug-likeness (QED) is 0.446. The van der Waals surface area contributed by atoms with Gasteiger partial charge in [0, 0.05) is 20.3 Å². The molecule has 22 heavy (non-hydrogen) atoms. The summed E-state index contributed by atoms with van der Waals surface area (Å²) in [6.45, 7) is 5.58. The van der Waals surface area contributed by atoms with E-state index in [0.29, 0.717) is 28.3 Å². The van der Waals surface area contributed by atoms with E-state index in [2.05, 4.69) is 26.0 Å². The van der Waals surface area contributed by atoms with Crippen LogP contribution >= 0.6 is 24.0 Å². The minimum Gasteiger partial charge on any atom is -0.385 e. The van der Waals surface area contributed by atoms with Crippen LogP contribution in [0, 0.1) is 0 Å². The summed E-state index contributed by atoms with van der Waals surface area (Å²) < 4.78 is 5.65. The Bertz CT molecular complexity index is 579. The van der Waals surface area contributed by atoms with Crippen LogP contribution in [0.1, 0.15) is 37.3 Å². The standard InChI is InChI=1S/C17H21NO2S2/c1-12(2)14-7-5-13(6-8-14)11-15-16(19)18(17(21)22-15)9-4-10-20-3/h5-8,11-12H,4,9-10H2,1-3H3/b15-11+. The van der Waals surface area contributed by atoms with Crippen LogP contribution in [-0.2, 0) is 9.53 Å². The van der Waals surface area contributed by atoms with Crippen LogP contribution in [0.3, 0.4) is 0 Å². The van der Waals surface area contributed by atoms with E-state index >= 15 is 0 Å². The van der Waals surface area contributed by atoms with E-state index in [-0.39, 0.29) is 5.91 Å². The van der Waals surface area contributed by atoms with E-state index in [1.165, 1.54) is 17.3 Å². The first-order valence-corrected chi connectivity index (χ1v) is 8.59. The van der Waals surface area contributed by atoms with Gasteiger partial charge in [-0.3, -0.25) is 9.69 Å². The number of thioether (sulfide) groups is 1. The first-order chi connectivity index (χ1) is 10.5. The lowest BCUT2D eigenvalue weighted by Gasteiger charge is -2.13. The van der Waals surface area contributed by atoms with Gasteiger partial charge in [0.1, 0.15) is 4.32 Å². The number of hydrogen-bond acceptors (Lipinski definition) is 4. The van der Waals surface area contributed by atoms with Crippen LogP contribution in [0.4, 0.5) is 0 Å². The second-order valence-corrected chi connectivity index (χ2v) is 7.18. The normalized spacial score (nSPS) is 17.1. The lowest BCUT2D eigenvalue weighted by atomic mass is 10.0. The van der Waals surface area contributed by atoms with Crippen LogP contribution in [-0.4, -0.2) is 35.4 Å². The summed E-state index contributed by atoms with van der Waals surface area (Å²) in [5, 5.41) is 0. The highest BCUT2D eigenvalue weighted by Crippen LogP contribution is 2.32. The first-order valence-electron chi connectivity index (χ1n) is 7.37. The Morgan fingerprint density at radius 3 is 2.59 bits per heavy atom. The molecule has 1 aliphatic rings. The predicted octanol–water partition coefficient (Wildman–Crippen LogP) is 4.05. The third kappa shape index (κ3) is 4.18. The summed E-state index contributed by atoms with van der Waals surface area (Å²) >= 11 is 6.68. The molecule has 3 nitrogen and oxygen atoms in total. The van der Waals surface area contributed by atoms with E-state index in [0.717, 1.165) is 12.0 Å². The van der Waals surface area contributed by atoms with Crippen LogP contribution < -0.4 is 0 Å². The fourth-order valence-electron chi connectivity index (χ4n) is 2.19. The SMILES string of the molecule is COCCCN1C(=O)/C(=C\c2ccc(C(C)C)cc2)SC1=S. The number of carbonyl (C=O) groups is 1. The number of rotatable bonds is 6. The molecule has 0 saturated carbocycles. The molecule has 5 heteroatoms. The molecule has 1 fully saturated rings. The van der Waals surface area contributed by atoms with Gasteiger partial charge >= 0.3 is 0 Å². The summed E-state index contributed by atoms with van der Waals surface area (Å²) in [4.78, 5) is 14.8. The molecule has 2 rings (SSSR count). The smallest absolute Gasteiger partial charge is 0.266 e. The van der Waals surface area contributed by atoms with Crippen molar-refractivity contribution in [3.63, 3.8) is 0 Å². The molecule has 0 aromatic heterocycles. The monoisotopic (exact) mass is 335 g/mol. The zero-order valence-corrected chi connectivity index (χ0v) is 14.8. The zero-order chi connectivity index (χ0) is 16.1. The average Bonchev–Trinajstić information content (AvgIpc) is 2.75. The Hall–Kier alpha value is -1.17. The second kappa shape index (κ2) is 7.90. The lowest BCUT2D eigenvalue weighted by Crippen LogP contribution is -2.29. The fraction of sp³-hybridized carbons (Fsp3) is 0.412. The number of hydrogen-bond donors (Lipinski definition) is 0. The van der Waals surface area contributed by atoms with Crippen LogP contribution in [0.2, 0.25) is 0 Å². The maximum atomic E-state index is 12.4. The minimum atomic E-state index is -0.000890. The topological polar surface area (TPSA) is 29.5 Å². The Balaban J connectivity index is 2.08. The van der Waals surface area contributed by atoms with Crippen molar-refractivity contribution in [1.82, 2.24) is 4.90 Å². The van der Waals surface area contributed by atoms with Crippen molar-refractivity contribution in [1.29, 1.82) is 0 Å². The number of amides is 1. The number of ether oxygens (including phenoxy) is 1. The number of thiocarbonyl (C=S) groups is 1. The molecule has 0 spiro atoms. The Morgan fingerprint density at radius 1 is 1.32 bits per heavy atom. The molecule has 0 unspecified atom stereocenters. The molecule has 1 aromatic rings.